The van der Waals surface area contributed by atoms with E-state index in [1.165, 1.54) is 14.2 Å². The van der Waals surface area contributed by atoms with Crippen molar-refractivity contribution in [2.24, 2.45) is 0 Å². The highest BCUT2D eigenvalue weighted by Crippen LogP contribution is 2.15. The number of amides is 2. The van der Waals surface area contributed by atoms with Crippen molar-refractivity contribution >= 4 is 27.7 Å². The van der Waals surface area contributed by atoms with Crippen LogP contribution in [0.5, 0.6) is 0 Å². The van der Waals surface area contributed by atoms with Gasteiger partial charge in [0.05, 0.1) is 17.6 Å². The van der Waals surface area contributed by atoms with Gasteiger partial charge in [0.15, 0.2) is 0 Å². The van der Waals surface area contributed by atoms with Gasteiger partial charge in [0, 0.05) is 12.2 Å². The van der Waals surface area contributed by atoms with Gasteiger partial charge in [-0.3, -0.25) is 10.1 Å². The average Bonchev–Trinajstić information content (AvgIpc) is 2.67. The number of rotatable bonds is 6. The fraction of sp³-hybridized carbons (Fsp3) is 0.176. The van der Waals surface area contributed by atoms with E-state index in [0.717, 1.165) is 18.2 Å². The third kappa shape index (κ3) is 5.25. The summed E-state index contributed by atoms with van der Waals surface area (Å²) in [7, 11) is -1.33. The van der Waals surface area contributed by atoms with Gasteiger partial charge in [0.1, 0.15) is 5.82 Å². The molecule has 8 nitrogen and oxygen atoms in total. The Hall–Kier alpha value is -2.98. The van der Waals surface area contributed by atoms with E-state index in [2.05, 4.69) is 20.1 Å². The molecule has 0 unspecified atom stereocenters. The zero-order valence-electron chi connectivity index (χ0n) is 14.6. The van der Waals surface area contributed by atoms with Crippen LogP contribution in [0.4, 0.5) is 14.9 Å². The molecule has 2 aromatic rings. The summed E-state index contributed by atoms with van der Waals surface area (Å²) < 4.78 is 44.1. The smallest absolute Gasteiger partial charge is 0.411 e. The van der Waals surface area contributed by atoms with Gasteiger partial charge in [0.2, 0.25) is 10.0 Å². The first-order valence-corrected chi connectivity index (χ1v) is 9.20. The zero-order valence-corrected chi connectivity index (χ0v) is 15.4. The molecule has 2 aromatic carbocycles. The number of nitrogens with one attached hydrogen (secondary N) is 3. The first-order valence-electron chi connectivity index (χ1n) is 7.72. The number of hydrogen-bond acceptors (Lipinski definition) is 5. The van der Waals surface area contributed by atoms with Crippen molar-refractivity contribution in [1.29, 1.82) is 0 Å². The Morgan fingerprint density at radius 3 is 2.37 bits per heavy atom. The standard InChI is InChI=1S/C17H18FN3O5S/c1-19-27(24,25)13-7-8-15(18)14(9-13)16(22)20-10-11-3-5-12(6-4-11)21-17(23)26-2/h3-9,19H,10H2,1-2H3,(H,20,22)(H,21,23). The molecule has 0 aliphatic carbocycles. The van der Waals surface area contributed by atoms with Crippen LogP contribution in [0, 0.1) is 5.82 Å². The van der Waals surface area contributed by atoms with Crippen LogP contribution < -0.4 is 15.4 Å². The van der Waals surface area contributed by atoms with E-state index in [-0.39, 0.29) is 17.0 Å². The van der Waals surface area contributed by atoms with Crippen molar-refractivity contribution in [2.75, 3.05) is 19.5 Å². The minimum absolute atomic E-state index is 0.0831. The second-order valence-electron chi connectivity index (χ2n) is 5.35. The second kappa shape index (κ2) is 8.60. The second-order valence-corrected chi connectivity index (χ2v) is 7.23. The molecule has 144 valence electrons. The van der Waals surface area contributed by atoms with E-state index in [1.54, 1.807) is 24.3 Å². The number of ether oxygens (including phenoxy) is 1. The lowest BCUT2D eigenvalue weighted by molar-refractivity contribution is 0.0946. The largest absolute Gasteiger partial charge is 0.453 e. The van der Waals surface area contributed by atoms with E-state index < -0.39 is 27.8 Å². The lowest BCUT2D eigenvalue weighted by Crippen LogP contribution is -2.25. The summed E-state index contributed by atoms with van der Waals surface area (Å²) in [6, 6.07) is 9.50. The molecule has 0 bridgehead atoms. The van der Waals surface area contributed by atoms with Crippen molar-refractivity contribution < 1.29 is 27.1 Å². The summed E-state index contributed by atoms with van der Waals surface area (Å²) in [6.07, 6.45) is -0.608. The van der Waals surface area contributed by atoms with E-state index in [1.807, 2.05) is 0 Å². The molecule has 0 aliphatic heterocycles. The van der Waals surface area contributed by atoms with Crippen molar-refractivity contribution in [3.63, 3.8) is 0 Å². The van der Waals surface area contributed by atoms with Gasteiger partial charge in [-0.05, 0) is 42.9 Å². The molecule has 0 saturated carbocycles. The number of hydrogen-bond donors (Lipinski definition) is 3. The minimum Gasteiger partial charge on any atom is -0.453 e. The van der Waals surface area contributed by atoms with Gasteiger partial charge < -0.3 is 10.1 Å². The average molecular weight is 395 g/mol. The molecule has 0 aliphatic rings. The lowest BCUT2D eigenvalue weighted by Gasteiger charge is -2.09. The summed E-state index contributed by atoms with van der Waals surface area (Å²) >= 11 is 0. The summed E-state index contributed by atoms with van der Waals surface area (Å²) in [5.41, 5.74) is 0.821. The lowest BCUT2D eigenvalue weighted by atomic mass is 10.1. The summed E-state index contributed by atoms with van der Waals surface area (Å²) in [5.74, 6) is -1.59. The van der Waals surface area contributed by atoms with Crippen LogP contribution in [-0.4, -0.2) is 34.6 Å². The normalized spacial score (nSPS) is 10.9. The molecule has 0 aromatic heterocycles. The maximum absolute atomic E-state index is 13.9. The van der Waals surface area contributed by atoms with Crippen LogP contribution in [0.2, 0.25) is 0 Å². The third-order valence-corrected chi connectivity index (χ3v) is 5.01. The molecule has 2 amide bonds. The van der Waals surface area contributed by atoms with Crippen LogP contribution in [0.15, 0.2) is 47.4 Å². The number of benzene rings is 2. The van der Waals surface area contributed by atoms with Crippen molar-refractivity contribution in [1.82, 2.24) is 10.0 Å². The highest BCUT2D eigenvalue weighted by atomic mass is 32.2. The first-order chi connectivity index (χ1) is 12.8. The highest BCUT2D eigenvalue weighted by molar-refractivity contribution is 7.89. The maximum Gasteiger partial charge on any atom is 0.411 e. The summed E-state index contributed by atoms with van der Waals surface area (Å²) in [5, 5.41) is 5.00. The Kier molecular flexibility index (Phi) is 6.48. The van der Waals surface area contributed by atoms with Crippen LogP contribution in [0.1, 0.15) is 15.9 Å². The van der Waals surface area contributed by atoms with E-state index in [4.69, 9.17) is 0 Å². The molecule has 2 rings (SSSR count). The van der Waals surface area contributed by atoms with Crippen molar-refractivity contribution in [3.8, 4) is 0 Å². The Labute approximate surface area is 155 Å². The van der Waals surface area contributed by atoms with Crippen molar-refractivity contribution in [2.45, 2.75) is 11.4 Å². The molecule has 0 saturated heterocycles. The molecule has 0 radical (unpaired) electrons. The summed E-state index contributed by atoms with van der Waals surface area (Å²) in [4.78, 5) is 23.1. The SMILES string of the molecule is CNS(=O)(=O)c1ccc(F)c(C(=O)NCc2ccc(NC(=O)OC)cc2)c1. The van der Waals surface area contributed by atoms with Crippen molar-refractivity contribution in [3.05, 3.63) is 59.4 Å². The van der Waals surface area contributed by atoms with Gasteiger partial charge in [-0.15, -0.1) is 0 Å². The Morgan fingerprint density at radius 2 is 1.78 bits per heavy atom. The molecule has 0 spiro atoms. The Balaban J connectivity index is 2.07. The predicted octanol–water partition coefficient (Wildman–Crippen LogP) is 1.84. The molecular formula is C17H18FN3O5S. The minimum atomic E-state index is -3.80. The summed E-state index contributed by atoms with van der Waals surface area (Å²) in [6.45, 7) is 0.0831. The molecule has 0 fully saturated rings. The van der Waals surface area contributed by atoms with Gasteiger partial charge in [0.25, 0.3) is 5.91 Å². The zero-order chi connectivity index (χ0) is 20.0. The topological polar surface area (TPSA) is 114 Å². The molecular weight excluding hydrogens is 377 g/mol. The van der Waals surface area contributed by atoms with E-state index in [9.17, 15) is 22.4 Å². The first kappa shape index (κ1) is 20.3. The number of carbonyl (C=O) groups is 2. The number of methoxy groups -OCH3 is 1. The maximum atomic E-state index is 13.9. The van der Waals surface area contributed by atoms with Crippen LogP contribution in [-0.2, 0) is 21.3 Å². The Bertz CT molecular complexity index is 946. The molecule has 3 N–H and O–H groups in total. The fourth-order valence-electron chi connectivity index (χ4n) is 2.12. The van der Waals surface area contributed by atoms with E-state index >= 15 is 0 Å². The molecule has 0 atom stereocenters. The monoisotopic (exact) mass is 395 g/mol. The van der Waals surface area contributed by atoms with Crippen LogP contribution in [0.3, 0.4) is 0 Å². The quantitative estimate of drug-likeness (QED) is 0.691. The fourth-order valence-corrected chi connectivity index (χ4v) is 2.87. The van der Waals surface area contributed by atoms with Gasteiger partial charge >= 0.3 is 6.09 Å². The van der Waals surface area contributed by atoms with Gasteiger partial charge in [-0.2, -0.15) is 0 Å². The molecule has 27 heavy (non-hydrogen) atoms. The Morgan fingerprint density at radius 1 is 1.11 bits per heavy atom. The number of carbonyl (C=O) groups excluding carboxylic acids is 2. The number of anilines is 1. The van der Waals surface area contributed by atoms with E-state index in [0.29, 0.717) is 11.3 Å². The number of sulfonamides is 1. The van der Waals surface area contributed by atoms with Crippen LogP contribution in [0.25, 0.3) is 0 Å². The van der Waals surface area contributed by atoms with Gasteiger partial charge in [-0.1, -0.05) is 12.1 Å². The number of halogens is 1. The molecule has 0 heterocycles. The van der Waals surface area contributed by atoms with Crippen LogP contribution >= 0.6 is 0 Å². The van der Waals surface area contributed by atoms with Gasteiger partial charge in [-0.25, -0.2) is 22.3 Å². The highest BCUT2D eigenvalue weighted by Gasteiger charge is 2.18. The molecule has 10 heteroatoms. The third-order valence-electron chi connectivity index (χ3n) is 3.60. The predicted molar refractivity (Wildman–Crippen MR) is 96.3 cm³/mol.